The molecule has 0 amide bonds. The van der Waals surface area contributed by atoms with Gasteiger partial charge >= 0.3 is 6.18 Å². The van der Waals surface area contributed by atoms with Crippen LogP contribution in [-0.4, -0.2) is 38.0 Å². The number of rotatable bonds is 17. The van der Waals surface area contributed by atoms with Gasteiger partial charge in [0.05, 0.1) is 42.4 Å². The number of halogens is 4. The molecule has 0 heterocycles. The molecule has 0 N–H and O–H groups in total. The fourth-order valence-electron chi connectivity index (χ4n) is 4.33. The first-order valence-corrected chi connectivity index (χ1v) is 16.5. The van der Waals surface area contributed by atoms with E-state index in [1.165, 1.54) is 14.0 Å². The quantitative estimate of drug-likeness (QED) is 0.0936. The molecular formula is C37H51ClF3N3O3. The zero-order valence-corrected chi connectivity index (χ0v) is 30.1. The van der Waals surface area contributed by atoms with E-state index in [2.05, 4.69) is 23.1 Å². The molecule has 47 heavy (non-hydrogen) atoms. The van der Waals surface area contributed by atoms with E-state index in [0.717, 1.165) is 42.2 Å². The second-order valence-corrected chi connectivity index (χ2v) is 10.9. The highest BCUT2D eigenvalue weighted by Crippen LogP contribution is 2.41. The Bertz CT molecular complexity index is 1400. The molecule has 0 aromatic heterocycles. The van der Waals surface area contributed by atoms with Gasteiger partial charge in [0.1, 0.15) is 12.3 Å². The fraction of sp³-hybridized carbons (Fsp3) is 0.486. The summed E-state index contributed by atoms with van der Waals surface area (Å²) in [5, 5.41) is 0.271. The van der Waals surface area contributed by atoms with Gasteiger partial charge in [0.25, 0.3) is 0 Å². The monoisotopic (exact) mass is 677 g/mol. The van der Waals surface area contributed by atoms with Crippen LogP contribution in [0, 0.1) is 11.8 Å². The topological polar surface area (TPSA) is 64.8 Å². The second kappa shape index (κ2) is 20.6. The van der Waals surface area contributed by atoms with Crippen LogP contribution in [0.2, 0.25) is 5.02 Å². The Morgan fingerprint density at radius 3 is 2.23 bits per heavy atom. The molecular weight excluding hydrogens is 627 g/mol. The number of alkyl halides is 3. The van der Waals surface area contributed by atoms with Crippen molar-refractivity contribution >= 4 is 29.2 Å². The molecule has 0 spiro atoms. The molecule has 10 heteroatoms. The number of allylic oxidation sites excluding steroid dienone is 4. The minimum atomic E-state index is -4.57. The highest BCUT2D eigenvalue weighted by molar-refractivity contribution is 6.34. The van der Waals surface area contributed by atoms with Gasteiger partial charge in [-0.15, -0.1) is 0 Å². The molecule has 0 saturated heterocycles. The average Bonchev–Trinajstić information content (AvgIpc) is 3.91. The molecule has 1 aliphatic rings. The summed E-state index contributed by atoms with van der Waals surface area (Å²) >= 11 is 6.58. The largest absolute Gasteiger partial charge is 0.491 e. The van der Waals surface area contributed by atoms with Crippen molar-refractivity contribution < 1.29 is 27.4 Å². The predicted octanol–water partition coefficient (Wildman–Crippen LogP) is 11.3. The van der Waals surface area contributed by atoms with Crippen molar-refractivity contribution in [1.82, 2.24) is 0 Å². The standard InChI is InChI=1S/C35H45ClF3N3O3.C2H6/c1-10-18-40-34(44-9)32(23(6)26-15-16-26)29(12-3)41-20-30(43-8)24(7)45-21-25-14-17-27(28(36)19-25)33(22(5)11-2)42-31(13-4)35(37,38)39;1-2/h13-14,17-20,22,26H,6-7,10-12,15-16,21H2,1-5,8-9H3;1-2H3/b30-20+,31-13-,34-32-,40-18-,41-29-,42-33?;. The lowest BCUT2D eigenvalue weighted by Crippen LogP contribution is -2.17. The smallest absolute Gasteiger partial charge is 0.433 e. The van der Waals surface area contributed by atoms with E-state index in [0.29, 0.717) is 41.5 Å². The highest BCUT2D eigenvalue weighted by atomic mass is 35.5. The van der Waals surface area contributed by atoms with E-state index in [-0.39, 0.29) is 29.0 Å². The maximum Gasteiger partial charge on any atom is 0.433 e. The van der Waals surface area contributed by atoms with Gasteiger partial charge in [0.2, 0.25) is 5.88 Å². The molecule has 1 fully saturated rings. The second-order valence-electron chi connectivity index (χ2n) is 10.5. The first-order valence-electron chi connectivity index (χ1n) is 16.1. The zero-order valence-electron chi connectivity index (χ0n) is 29.4. The minimum Gasteiger partial charge on any atom is -0.491 e. The van der Waals surface area contributed by atoms with Gasteiger partial charge in [0, 0.05) is 11.8 Å². The number of ether oxygens (including phenoxy) is 3. The van der Waals surface area contributed by atoms with Crippen LogP contribution in [0.25, 0.3) is 0 Å². The summed E-state index contributed by atoms with van der Waals surface area (Å²) in [6, 6.07) is 5.05. The van der Waals surface area contributed by atoms with E-state index in [4.69, 9.17) is 30.8 Å². The van der Waals surface area contributed by atoms with E-state index < -0.39 is 11.9 Å². The van der Waals surface area contributed by atoms with E-state index in [1.807, 2.05) is 41.5 Å². The molecule has 1 aliphatic carbocycles. The zero-order chi connectivity index (χ0) is 35.7. The Labute approximate surface area is 284 Å². The third-order valence-corrected chi connectivity index (χ3v) is 7.56. The van der Waals surface area contributed by atoms with Gasteiger partial charge in [-0.05, 0) is 68.1 Å². The fourth-order valence-corrected chi connectivity index (χ4v) is 4.63. The maximum atomic E-state index is 13.5. The van der Waals surface area contributed by atoms with Gasteiger partial charge in [-0.2, -0.15) is 13.2 Å². The van der Waals surface area contributed by atoms with E-state index >= 15 is 0 Å². The number of aliphatic imine (C=N–C) groups is 3. The molecule has 2 rings (SSSR count). The summed E-state index contributed by atoms with van der Waals surface area (Å²) in [7, 11) is 3.08. The number of benzene rings is 1. The van der Waals surface area contributed by atoms with Crippen LogP contribution in [0.15, 0.2) is 92.9 Å². The number of hydrogen-bond donors (Lipinski definition) is 0. The summed E-state index contributed by atoms with van der Waals surface area (Å²) < 4.78 is 57.4. The molecule has 0 aliphatic heterocycles. The summed E-state index contributed by atoms with van der Waals surface area (Å²) in [6.45, 7) is 21.4. The van der Waals surface area contributed by atoms with Crippen LogP contribution in [-0.2, 0) is 20.8 Å². The van der Waals surface area contributed by atoms with Crippen LogP contribution in [0.3, 0.4) is 0 Å². The maximum absolute atomic E-state index is 13.5. The lowest BCUT2D eigenvalue weighted by molar-refractivity contribution is -0.0924. The first kappa shape index (κ1) is 41.4. The van der Waals surface area contributed by atoms with Crippen molar-refractivity contribution in [3.05, 3.63) is 94.0 Å². The Kier molecular flexibility index (Phi) is 18.2. The molecule has 1 atom stereocenters. The summed E-state index contributed by atoms with van der Waals surface area (Å²) in [5.41, 5.74) is 2.92. The number of nitrogens with zero attached hydrogens (tertiary/aromatic N) is 3. The minimum absolute atomic E-state index is 0.0888. The molecule has 1 unspecified atom stereocenters. The van der Waals surface area contributed by atoms with Crippen LogP contribution in [0.1, 0.15) is 91.7 Å². The Hall–Kier alpha value is -3.59. The molecule has 0 radical (unpaired) electrons. The molecule has 1 aromatic rings. The van der Waals surface area contributed by atoms with Crippen LogP contribution < -0.4 is 0 Å². The molecule has 1 aromatic carbocycles. The average molecular weight is 678 g/mol. The van der Waals surface area contributed by atoms with Crippen molar-refractivity contribution in [2.24, 2.45) is 26.8 Å². The molecule has 1 saturated carbocycles. The third-order valence-electron chi connectivity index (χ3n) is 7.25. The first-order chi connectivity index (χ1) is 22.4. The summed E-state index contributed by atoms with van der Waals surface area (Å²) in [5.74, 6) is 1.15. The Balaban J connectivity index is 0.00000541. The van der Waals surface area contributed by atoms with E-state index in [9.17, 15) is 13.2 Å². The van der Waals surface area contributed by atoms with E-state index in [1.54, 1.807) is 37.7 Å². The normalized spacial score (nSPS) is 15.9. The van der Waals surface area contributed by atoms with Crippen LogP contribution in [0.4, 0.5) is 13.2 Å². The van der Waals surface area contributed by atoms with Gasteiger partial charge in [0.15, 0.2) is 11.5 Å². The molecule has 260 valence electrons. The lowest BCUT2D eigenvalue weighted by atomic mass is 9.95. The van der Waals surface area contributed by atoms with Crippen molar-refractivity contribution in [1.29, 1.82) is 0 Å². The Morgan fingerprint density at radius 1 is 1.11 bits per heavy atom. The predicted molar refractivity (Wildman–Crippen MR) is 190 cm³/mol. The van der Waals surface area contributed by atoms with Gasteiger partial charge in [-0.1, -0.05) is 84.5 Å². The van der Waals surface area contributed by atoms with Crippen molar-refractivity contribution in [3.8, 4) is 0 Å². The molecule has 0 bridgehead atoms. The number of hydrogen-bond acceptors (Lipinski definition) is 6. The molecule has 6 nitrogen and oxygen atoms in total. The van der Waals surface area contributed by atoms with Crippen molar-refractivity contribution in [2.45, 2.75) is 93.4 Å². The highest BCUT2D eigenvalue weighted by Gasteiger charge is 2.34. The Morgan fingerprint density at radius 2 is 1.77 bits per heavy atom. The SMILES string of the molecule is C=C(OCc1ccc(C(=N/C(=C\C)C(F)(F)F)C(C)CC)c(Cl)c1)\C(=C/N=C(CC)\C(C(=C)C1CC1)=C(\N=C/CC)OC)OC.CC. The van der Waals surface area contributed by atoms with Crippen molar-refractivity contribution in [2.75, 3.05) is 14.2 Å². The summed E-state index contributed by atoms with van der Waals surface area (Å²) in [4.78, 5) is 13.2. The van der Waals surface area contributed by atoms with Crippen LogP contribution >= 0.6 is 11.6 Å². The van der Waals surface area contributed by atoms with Gasteiger partial charge in [-0.25, -0.2) is 9.98 Å². The number of methoxy groups -OCH3 is 2. The van der Waals surface area contributed by atoms with Crippen molar-refractivity contribution in [3.63, 3.8) is 0 Å². The van der Waals surface area contributed by atoms with Crippen LogP contribution in [0.5, 0.6) is 0 Å². The van der Waals surface area contributed by atoms with Gasteiger partial charge < -0.3 is 14.2 Å². The lowest BCUT2D eigenvalue weighted by Gasteiger charge is -2.18. The summed E-state index contributed by atoms with van der Waals surface area (Å²) in [6.07, 6.45) is 3.80. The van der Waals surface area contributed by atoms with Gasteiger partial charge in [-0.3, -0.25) is 4.99 Å². The third kappa shape index (κ3) is 12.5.